The van der Waals surface area contributed by atoms with E-state index in [0.717, 1.165) is 11.1 Å². The molecule has 1 aromatic heterocycles. The minimum Gasteiger partial charge on any atom is -0.409 e. The zero-order chi connectivity index (χ0) is 15.1. The van der Waals surface area contributed by atoms with Crippen molar-refractivity contribution in [3.8, 4) is 0 Å². The molecule has 0 fully saturated rings. The van der Waals surface area contributed by atoms with Gasteiger partial charge in [0.1, 0.15) is 5.84 Å². The van der Waals surface area contributed by atoms with Crippen LogP contribution in [0.3, 0.4) is 0 Å². The predicted molar refractivity (Wildman–Crippen MR) is 83.2 cm³/mol. The smallest absolute Gasteiger partial charge is 0.147 e. The number of rotatable bonds is 6. The average Bonchev–Trinajstić information content (AvgIpc) is 2.56. The van der Waals surface area contributed by atoms with Gasteiger partial charge in [-0.05, 0) is 30.2 Å². The first-order chi connectivity index (χ1) is 10.2. The lowest BCUT2D eigenvalue weighted by Crippen LogP contribution is -2.33. The Balaban J connectivity index is 2.07. The Kier molecular flexibility index (Phi) is 5.29. The number of benzene rings is 1. The van der Waals surface area contributed by atoms with E-state index in [1.807, 2.05) is 42.5 Å². The Morgan fingerprint density at radius 2 is 1.86 bits per heavy atom. The van der Waals surface area contributed by atoms with Gasteiger partial charge >= 0.3 is 0 Å². The van der Waals surface area contributed by atoms with Crippen LogP contribution in [0.4, 0.5) is 0 Å². The molecule has 2 aromatic rings. The zero-order valence-corrected chi connectivity index (χ0v) is 12.0. The van der Waals surface area contributed by atoms with Crippen LogP contribution in [-0.2, 0) is 0 Å². The van der Waals surface area contributed by atoms with E-state index in [2.05, 4.69) is 22.4 Å². The Bertz CT molecular complexity index is 571. The molecule has 0 aliphatic carbocycles. The van der Waals surface area contributed by atoms with Crippen LogP contribution in [0.15, 0.2) is 60.0 Å². The van der Waals surface area contributed by atoms with Crippen molar-refractivity contribution < 1.29 is 5.21 Å². The fraction of sp³-hybridized carbons (Fsp3) is 0.250. The largest absolute Gasteiger partial charge is 0.409 e. The highest BCUT2D eigenvalue weighted by Gasteiger charge is 2.17. The van der Waals surface area contributed by atoms with Crippen molar-refractivity contribution in [1.82, 2.24) is 10.3 Å². The molecule has 1 heterocycles. The molecule has 0 aliphatic heterocycles. The van der Waals surface area contributed by atoms with Crippen molar-refractivity contribution in [2.45, 2.75) is 18.9 Å². The summed E-state index contributed by atoms with van der Waals surface area (Å²) in [5, 5.41) is 15.5. The highest BCUT2D eigenvalue weighted by molar-refractivity contribution is 5.87. The van der Waals surface area contributed by atoms with Crippen LogP contribution < -0.4 is 11.1 Å². The van der Waals surface area contributed by atoms with E-state index in [4.69, 9.17) is 10.9 Å². The van der Waals surface area contributed by atoms with E-state index < -0.39 is 0 Å². The summed E-state index contributed by atoms with van der Waals surface area (Å²) in [4.78, 5) is 4.01. The lowest BCUT2D eigenvalue weighted by atomic mass is 9.97. The monoisotopic (exact) mass is 284 g/mol. The van der Waals surface area contributed by atoms with E-state index >= 15 is 0 Å². The average molecular weight is 284 g/mol. The Labute approximate surface area is 124 Å². The fourth-order valence-electron chi connectivity index (χ4n) is 2.21. The van der Waals surface area contributed by atoms with Crippen LogP contribution >= 0.6 is 0 Å². The number of hydrogen-bond acceptors (Lipinski definition) is 4. The van der Waals surface area contributed by atoms with Gasteiger partial charge in [0.05, 0.1) is 5.92 Å². The van der Waals surface area contributed by atoms with Crippen LogP contribution in [0.25, 0.3) is 0 Å². The predicted octanol–water partition coefficient (Wildman–Crippen LogP) is 2.26. The van der Waals surface area contributed by atoms with E-state index in [9.17, 15) is 0 Å². The zero-order valence-electron chi connectivity index (χ0n) is 12.0. The summed E-state index contributed by atoms with van der Waals surface area (Å²) in [5.41, 5.74) is 7.99. The Morgan fingerprint density at radius 1 is 1.19 bits per heavy atom. The molecule has 0 spiro atoms. The van der Waals surface area contributed by atoms with Crippen molar-refractivity contribution in [1.29, 1.82) is 0 Å². The van der Waals surface area contributed by atoms with E-state index in [1.165, 1.54) is 0 Å². The normalized spacial score (nSPS) is 14.6. The van der Waals surface area contributed by atoms with Crippen molar-refractivity contribution in [3.63, 3.8) is 0 Å². The van der Waals surface area contributed by atoms with Gasteiger partial charge in [-0.25, -0.2) is 0 Å². The molecule has 2 atom stereocenters. The van der Waals surface area contributed by atoms with Gasteiger partial charge in [0.2, 0.25) is 0 Å². The maximum Gasteiger partial charge on any atom is 0.147 e. The Hall–Kier alpha value is -2.40. The maximum absolute atomic E-state index is 8.98. The van der Waals surface area contributed by atoms with Crippen LogP contribution in [0.2, 0.25) is 0 Å². The van der Waals surface area contributed by atoms with Gasteiger partial charge in [0.15, 0.2) is 0 Å². The molecule has 0 saturated heterocycles. The molecular formula is C16H20N4O. The highest BCUT2D eigenvalue weighted by atomic mass is 16.4. The van der Waals surface area contributed by atoms with Gasteiger partial charge in [-0.15, -0.1) is 0 Å². The standard InChI is InChI=1S/C16H20N4O/c1-12(13-7-9-18-10-8-13)19-11-15(16(17)20-21)14-5-3-2-4-6-14/h2-10,12,15,19,21H,11H2,1H3,(H2,17,20)/t12-,15?/m0/s1. The van der Waals surface area contributed by atoms with E-state index in [0.29, 0.717) is 6.54 Å². The fourth-order valence-corrected chi connectivity index (χ4v) is 2.21. The third kappa shape index (κ3) is 4.03. The first-order valence-electron chi connectivity index (χ1n) is 6.88. The number of pyridine rings is 1. The molecule has 5 nitrogen and oxygen atoms in total. The minimum atomic E-state index is -0.166. The molecular weight excluding hydrogens is 264 g/mol. The van der Waals surface area contributed by atoms with Crippen LogP contribution in [-0.4, -0.2) is 22.6 Å². The number of amidine groups is 1. The summed E-state index contributed by atoms with van der Waals surface area (Å²) in [6.45, 7) is 2.66. The van der Waals surface area contributed by atoms with Crippen LogP contribution in [0, 0.1) is 0 Å². The van der Waals surface area contributed by atoms with Crippen LogP contribution in [0.5, 0.6) is 0 Å². The van der Waals surface area contributed by atoms with Crippen LogP contribution in [0.1, 0.15) is 30.0 Å². The molecule has 2 rings (SSSR count). The second-order valence-corrected chi connectivity index (χ2v) is 4.90. The molecule has 110 valence electrons. The third-order valence-corrected chi connectivity index (χ3v) is 3.51. The maximum atomic E-state index is 8.98. The van der Waals surface area contributed by atoms with E-state index in [1.54, 1.807) is 12.4 Å². The van der Waals surface area contributed by atoms with Crippen molar-refractivity contribution in [2.24, 2.45) is 10.9 Å². The molecule has 0 aliphatic rings. The molecule has 1 unspecified atom stereocenters. The van der Waals surface area contributed by atoms with E-state index in [-0.39, 0.29) is 17.8 Å². The van der Waals surface area contributed by atoms with Gasteiger partial charge in [0.25, 0.3) is 0 Å². The molecule has 0 bridgehead atoms. The number of aromatic nitrogens is 1. The minimum absolute atomic E-state index is 0.158. The first-order valence-corrected chi connectivity index (χ1v) is 6.88. The lowest BCUT2D eigenvalue weighted by molar-refractivity contribution is 0.315. The number of nitrogens with zero attached hydrogens (tertiary/aromatic N) is 2. The SMILES string of the molecule is C[C@H](NCC(/C(N)=N/O)c1ccccc1)c1ccncc1. The van der Waals surface area contributed by atoms with Gasteiger partial charge in [-0.1, -0.05) is 35.5 Å². The summed E-state index contributed by atoms with van der Waals surface area (Å²) >= 11 is 0. The van der Waals surface area contributed by atoms with Gasteiger partial charge in [0, 0.05) is 25.0 Å². The highest BCUT2D eigenvalue weighted by Crippen LogP contribution is 2.17. The van der Waals surface area contributed by atoms with Crippen molar-refractivity contribution in [3.05, 3.63) is 66.0 Å². The lowest BCUT2D eigenvalue weighted by Gasteiger charge is -2.20. The van der Waals surface area contributed by atoms with Crippen molar-refractivity contribution in [2.75, 3.05) is 6.54 Å². The number of nitrogens with one attached hydrogen (secondary N) is 1. The molecule has 1 aromatic carbocycles. The summed E-state index contributed by atoms with van der Waals surface area (Å²) in [7, 11) is 0. The molecule has 0 amide bonds. The quantitative estimate of drug-likeness (QED) is 0.329. The number of nitrogens with two attached hydrogens (primary N) is 1. The molecule has 4 N–H and O–H groups in total. The molecule has 21 heavy (non-hydrogen) atoms. The van der Waals surface area contributed by atoms with Gasteiger partial charge in [-0.3, -0.25) is 4.98 Å². The summed E-state index contributed by atoms with van der Waals surface area (Å²) in [6, 6.07) is 13.9. The second kappa shape index (κ2) is 7.40. The summed E-state index contributed by atoms with van der Waals surface area (Å²) in [5.74, 6) is 0.0381. The first kappa shape index (κ1) is 15.0. The Morgan fingerprint density at radius 3 is 2.48 bits per heavy atom. The molecule has 0 saturated carbocycles. The van der Waals surface area contributed by atoms with Gasteiger partial charge < -0.3 is 16.3 Å². The molecule has 5 heteroatoms. The second-order valence-electron chi connectivity index (χ2n) is 4.90. The number of hydrogen-bond donors (Lipinski definition) is 3. The third-order valence-electron chi connectivity index (χ3n) is 3.51. The topological polar surface area (TPSA) is 83.5 Å². The summed E-state index contributed by atoms with van der Waals surface area (Å²) < 4.78 is 0. The molecule has 0 radical (unpaired) electrons. The number of oxime groups is 1. The summed E-state index contributed by atoms with van der Waals surface area (Å²) in [6.07, 6.45) is 3.54. The van der Waals surface area contributed by atoms with Gasteiger partial charge in [-0.2, -0.15) is 0 Å². The van der Waals surface area contributed by atoms with Crippen molar-refractivity contribution >= 4 is 5.84 Å².